The first-order chi connectivity index (χ1) is 14.6. The third-order valence-corrected chi connectivity index (χ3v) is 7.35. The first-order valence-electron chi connectivity index (χ1n) is 10.00. The van der Waals surface area contributed by atoms with Gasteiger partial charge < -0.3 is 4.90 Å². The van der Waals surface area contributed by atoms with Crippen molar-refractivity contribution in [2.75, 3.05) is 6.54 Å². The molecule has 1 aliphatic rings. The Morgan fingerprint density at radius 2 is 1.80 bits per heavy atom. The summed E-state index contributed by atoms with van der Waals surface area (Å²) in [5, 5.41) is 1.26. The van der Waals surface area contributed by atoms with E-state index in [9.17, 15) is 4.79 Å². The summed E-state index contributed by atoms with van der Waals surface area (Å²) in [6.07, 6.45) is 6.61. The minimum absolute atomic E-state index is 0.0404. The molecule has 1 aliphatic heterocycles. The molecule has 1 saturated heterocycles. The van der Waals surface area contributed by atoms with Gasteiger partial charge in [-0.15, -0.1) is 11.8 Å². The molecule has 1 amide bonds. The van der Waals surface area contributed by atoms with Crippen LogP contribution in [0.2, 0.25) is 10.0 Å². The summed E-state index contributed by atoms with van der Waals surface area (Å²) < 4.78 is 0. The van der Waals surface area contributed by atoms with Gasteiger partial charge in [-0.1, -0.05) is 59.6 Å². The van der Waals surface area contributed by atoms with Crippen molar-refractivity contribution in [2.45, 2.75) is 36.0 Å². The van der Waals surface area contributed by atoms with Gasteiger partial charge in [0.25, 0.3) is 5.91 Å². The SMILES string of the molecule is O=C(c1cncc(CSc2c(Cl)cccc2Cl)c1)N1CCCCC1c1ccccc1. The van der Waals surface area contributed by atoms with Crippen molar-refractivity contribution >= 4 is 40.9 Å². The zero-order valence-electron chi connectivity index (χ0n) is 16.4. The molecule has 154 valence electrons. The number of nitrogens with zero attached hydrogens (tertiary/aromatic N) is 2. The number of benzene rings is 2. The molecular formula is C24H22Cl2N2OS. The van der Waals surface area contributed by atoms with E-state index in [0.29, 0.717) is 21.4 Å². The Morgan fingerprint density at radius 3 is 2.57 bits per heavy atom. The first-order valence-corrected chi connectivity index (χ1v) is 11.7. The summed E-state index contributed by atoms with van der Waals surface area (Å²) in [6, 6.07) is 17.8. The monoisotopic (exact) mass is 456 g/mol. The lowest BCUT2D eigenvalue weighted by atomic mass is 9.94. The predicted molar refractivity (Wildman–Crippen MR) is 124 cm³/mol. The van der Waals surface area contributed by atoms with Crippen molar-refractivity contribution in [2.24, 2.45) is 0 Å². The highest BCUT2D eigenvalue weighted by molar-refractivity contribution is 7.98. The fourth-order valence-corrected chi connectivity index (χ4v) is 5.43. The molecule has 30 heavy (non-hydrogen) atoms. The molecule has 0 radical (unpaired) electrons. The predicted octanol–water partition coefficient (Wildman–Crippen LogP) is 7.05. The first kappa shape index (κ1) is 21.2. The average molecular weight is 457 g/mol. The fraction of sp³-hybridized carbons (Fsp3) is 0.250. The quantitative estimate of drug-likeness (QED) is 0.385. The van der Waals surface area contributed by atoms with Gasteiger partial charge in [0.2, 0.25) is 0 Å². The van der Waals surface area contributed by atoms with E-state index in [1.165, 1.54) is 5.56 Å². The molecule has 4 rings (SSSR count). The number of hydrogen-bond acceptors (Lipinski definition) is 3. The van der Waals surface area contributed by atoms with Gasteiger partial charge in [-0.25, -0.2) is 0 Å². The van der Waals surface area contributed by atoms with E-state index in [1.54, 1.807) is 24.2 Å². The third kappa shape index (κ3) is 4.83. The van der Waals surface area contributed by atoms with Gasteiger partial charge in [0.05, 0.1) is 21.7 Å². The topological polar surface area (TPSA) is 33.2 Å². The minimum atomic E-state index is 0.0404. The molecular weight excluding hydrogens is 435 g/mol. The number of rotatable bonds is 5. The summed E-state index contributed by atoms with van der Waals surface area (Å²) in [6.45, 7) is 0.770. The van der Waals surface area contributed by atoms with Crippen molar-refractivity contribution in [1.29, 1.82) is 0 Å². The van der Waals surface area contributed by atoms with Gasteiger partial charge in [-0.05, 0) is 48.6 Å². The number of carbonyl (C=O) groups is 1. The van der Waals surface area contributed by atoms with Crippen molar-refractivity contribution in [3.63, 3.8) is 0 Å². The van der Waals surface area contributed by atoms with Crippen LogP contribution in [0.15, 0.2) is 71.9 Å². The Kier molecular flexibility index (Phi) is 6.98. The third-order valence-electron chi connectivity index (χ3n) is 5.29. The van der Waals surface area contributed by atoms with E-state index in [4.69, 9.17) is 23.2 Å². The van der Waals surface area contributed by atoms with Crippen molar-refractivity contribution in [1.82, 2.24) is 9.88 Å². The van der Waals surface area contributed by atoms with Gasteiger partial charge in [-0.3, -0.25) is 9.78 Å². The number of hydrogen-bond donors (Lipinski definition) is 0. The molecule has 2 heterocycles. The Labute approximate surface area is 191 Å². The number of carbonyl (C=O) groups excluding carboxylic acids is 1. The maximum absolute atomic E-state index is 13.4. The molecule has 2 aromatic carbocycles. The van der Waals surface area contributed by atoms with E-state index in [0.717, 1.165) is 36.3 Å². The standard InChI is InChI=1S/C24H22Cl2N2OS/c25-20-9-6-10-21(26)23(20)30-16-17-13-19(15-27-14-17)24(29)28-12-5-4-11-22(28)18-7-2-1-3-8-18/h1-3,6-10,13-15,22H,4-5,11-12,16H2. The van der Waals surface area contributed by atoms with Gasteiger partial charge in [-0.2, -0.15) is 0 Å². The summed E-state index contributed by atoms with van der Waals surface area (Å²) in [4.78, 5) is 20.5. The second kappa shape index (κ2) is 9.86. The Bertz CT molecular complexity index is 1010. The van der Waals surface area contributed by atoms with E-state index >= 15 is 0 Å². The lowest BCUT2D eigenvalue weighted by molar-refractivity contribution is 0.0611. The van der Waals surface area contributed by atoms with Gasteiger partial charge in [0.15, 0.2) is 0 Å². The molecule has 0 aliphatic carbocycles. The number of amides is 1. The number of pyridine rings is 1. The number of likely N-dealkylation sites (tertiary alicyclic amines) is 1. The van der Waals surface area contributed by atoms with E-state index in [-0.39, 0.29) is 11.9 Å². The van der Waals surface area contributed by atoms with Crippen LogP contribution in [0.1, 0.15) is 46.8 Å². The molecule has 1 fully saturated rings. The summed E-state index contributed by atoms with van der Waals surface area (Å²) >= 11 is 14.1. The van der Waals surface area contributed by atoms with E-state index in [2.05, 4.69) is 17.1 Å². The number of halogens is 2. The Hall–Kier alpha value is -2.01. The van der Waals surface area contributed by atoms with Crippen LogP contribution >= 0.6 is 35.0 Å². The van der Waals surface area contributed by atoms with Crippen molar-refractivity contribution in [3.05, 3.63) is 93.7 Å². The lowest BCUT2D eigenvalue weighted by Crippen LogP contribution is -2.38. The fourth-order valence-electron chi connectivity index (χ4n) is 3.82. The largest absolute Gasteiger partial charge is 0.332 e. The number of thioether (sulfide) groups is 1. The highest BCUT2D eigenvalue weighted by Crippen LogP contribution is 2.36. The molecule has 0 spiro atoms. The van der Waals surface area contributed by atoms with Crippen LogP contribution in [0.4, 0.5) is 0 Å². The molecule has 0 bridgehead atoms. The highest BCUT2D eigenvalue weighted by Gasteiger charge is 2.28. The van der Waals surface area contributed by atoms with Crippen molar-refractivity contribution in [3.8, 4) is 0 Å². The maximum Gasteiger partial charge on any atom is 0.255 e. The van der Waals surface area contributed by atoms with Crippen LogP contribution in [-0.4, -0.2) is 22.3 Å². The lowest BCUT2D eigenvalue weighted by Gasteiger charge is -2.36. The van der Waals surface area contributed by atoms with E-state index < -0.39 is 0 Å². The minimum Gasteiger partial charge on any atom is -0.332 e. The van der Waals surface area contributed by atoms with Crippen LogP contribution in [0.3, 0.4) is 0 Å². The van der Waals surface area contributed by atoms with Crippen LogP contribution < -0.4 is 0 Å². The summed E-state index contributed by atoms with van der Waals surface area (Å²) in [5.41, 5.74) is 2.79. The number of aromatic nitrogens is 1. The van der Waals surface area contributed by atoms with Crippen LogP contribution in [0.5, 0.6) is 0 Å². The van der Waals surface area contributed by atoms with E-state index in [1.807, 2.05) is 47.4 Å². The Morgan fingerprint density at radius 1 is 1.03 bits per heavy atom. The molecule has 1 atom stereocenters. The average Bonchev–Trinajstić information content (AvgIpc) is 2.79. The molecule has 0 N–H and O–H groups in total. The van der Waals surface area contributed by atoms with Crippen LogP contribution in [-0.2, 0) is 5.75 Å². The Balaban J connectivity index is 1.52. The van der Waals surface area contributed by atoms with Crippen LogP contribution in [0.25, 0.3) is 0 Å². The molecule has 1 aromatic heterocycles. The van der Waals surface area contributed by atoms with Gasteiger partial charge >= 0.3 is 0 Å². The smallest absolute Gasteiger partial charge is 0.255 e. The second-order valence-corrected chi connectivity index (χ2v) is 9.14. The summed E-state index contributed by atoms with van der Waals surface area (Å²) in [7, 11) is 0. The van der Waals surface area contributed by atoms with Crippen molar-refractivity contribution < 1.29 is 4.79 Å². The van der Waals surface area contributed by atoms with Gasteiger partial charge in [0.1, 0.15) is 0 Å². The molecule has 3 nitrogen and oxygen atoms in total. The maximum atomic E-state index is 13.4. The molecule has 3 aromatic rings. The molecule has 6 heteroatoms. The zero-order chi connectivity index (χ0) is 20.9. The number of piperidine rings is 1. The molecule has 1 unspecified atom stereocenters. The summed E-state index contributed by atoms with van der Waals surface area (Å²) in [5.74, 6) is 0.679. The normalized spacial score (nSPS) is 16.5. The van der Waals surface area contributed by atoms with Gasteiger partial charge in [0, 0.05) is 29.6 Å². The molecule has 0 saturated carbocycles. The van der Waals surface area contributed by atoms with Crippen LogP contribution in [0, 0.1) is 0 Å². The highest BCUT2D eigenvalue weighted by atomic mass is 35.5. The zero-order valence-corrected chi connectivity index (χ0v) is 18.8. The second-order valence-electron chi connectivity index (χ2n) is 7.34.